The molecule has 1 aromatic heterocycles. The molecule has 6 heteroatoms. The molecule has 1 aliphatic heterocycles. The molecule has 0 amide bonds. The Balaban J connectivity index is 1.93. The van der Waals surface area contributed by atoms with Gasteiger partial charge in [0.2, 0.25) is 0 Å². The van der Waals surface area contributed by atoms with E-state index in [4.69, 9.17) is 0 Å². The summed E-state index contributed by atoms with van der Waals surface area (Å²) in [5.74, 6) is 0.842. The van der Waals surface area contributed by atoms with Gasteiger partial charge in [-0.3, -0.25) is 4.90 Å². The summed E-state index contributed by atoms with van der Waals surface area (Å²) < 4.78 is 37.0. The zero-order valence-electron chi connectivity index (χ0n) is 12.7. The van der Waals surface area contributed by atoms with Crippen LogP contribution in [0.1, 0.15) is 26.3 Å². The monoisotopic (exact) mass is 301 g/mol. The number of aromatic nitrogens is 1. The summed E-state index contributed by atoms with van der Waals surface area (Å²) in [4.78, 5) is 7.94. The van der Waals surface area contributed by atoms with E-state index >= 15 is 0 Å². The number of rotatable bonds is 2. The molecule has 3 nitrogen and oxygen atoms in total. The molecule has 0 radical (unpaired) electrons. The predicted octanol–water partition coefficient (Wildman–Crippen LogP) is 3.06. The first-order valence-electron chi connectivity index (χ1n) is 7.16. The van der Waals surface area contributed by atoms with E-state index in [1.165, 1.54) is 4.90 Å². The van der Waals surface area contributed by atoms with Gasteiger partial charge in [0.25, 0.3) is 0 Å². The second-order valence-electron chi connectivity index (χ2n) is 6.53. The maximum Gasteiger partial charge on any atom is 0.401 e. The molecule has 0 N–H and O–H groups in total. The summed E-state index contributed by atoms with van der Waals surface area (Å²) in [6.07, 6.45) is -2.26. The van der Waals surface area contributed by atoms with Crippen LogP contribution in [-0.2, 0) is 5.41 Å². The van der Waals surface area contributed by atoms with Gasteiger partial charge in [-0.05, 0) is 17.0 Å². The van der Waals surface area contributed by atoms with E-state index in [0.717, 1.165) is 11.4 Å². The summed E-state index contributed by atoms with van der Waals surface area (Å²) >= 11 is 0. The van der Waals surface area contributed by atoms with Crippen LogP contribution in [0.25, 0.3) is 0 Å². The van der Waals surface area contributed by atoms with Gasteiger partial charge in [0, 0.05) is 32.4 Å². The van der Waals surface area contributed by atoms with Crippen molar-refractivity contribution in [3.8, 4) is 0 Å². The normalized spacial score (nSPS) is 18.1. The third-order valence-electron chi connectivity index (χ3n) is 3.71. The van der Waals surface area contributed by atoms with Gasteiger partial charge in [0.1, 0.15) is 5.82 Å². The molecule has 118 valence electrons. The molecule has 1 aliphatic rings. The van der Waals surface area contributed by atoms with E-state index < -0.39 is 12.7 Å². The van der Waals surface area contributed by atoms with Crippen LogP contribution in [0.5, 0.6) is 0 Å². The van der Waals surface area contributed by atoms with Crippen LogP contribution in [0, 0.1) is 0 Å². The zero-order chi connectivity index (χ0) is 15.7. The lowest BCUT2D eigenvalue weighted by Crippen LogP contribution is -2.49. The van der Waals surface area contributed by atoms with E-state index in [0.29, 0.717) is 26.2 Å². The highest BCUT2D eigenvalue weighted by atomic mass is 19.4. The number of pyridine rings is 1. The Labute approximate surface area is 123 Å². The standard InChI is InChI=1S/C15H22F3N3/c1-14(2,3)12-4-5-13(19-10-12)21-8-6-20(7-9-21)11-15(16,17)18/h4-5,10H,6-9,11H2,1-3H3. The summed E-state index contributed by atoms with van der Waals surface area (Å²) in [7, 11) is 0. The number of hydrogen-bond acceptors (Lipinski definition) is 3. The lowest BCUT2D eigenvalue weighted by Gasteiger charge is -2.35. The minimum Gasteiger partial charge on any atom is -0.354 e. The van der Waals surface area contributed by atoms with E-state index in [1.54, 1.807) is 0 Å². The van der Waals surface area contributed by atoms with Gasteiger partial charge >= 0.3 is 6.18 Å². The number of piperazine rings is 1. The van der Waals surface area contributed by atoms with Crippen molar-refractivity contribution in [2.75, 3.05) is 37.6 Å². The van der Waals surface area contributed by atoms with Crippen molar-refractivity contribution in [2.24, 2.45) is 0 Å². The van der Waals surface area contributed by atoms with Crippen molar-refractivity contribution in [1.29, 1.82) is 0 Å². The lowest BCUT2D eigenvalue weighted by molar-refractivity contribution is -0.146. The first kappa shape index (κ1) is 16.1. The van der Waals surface area contributed by atoms with Crippen molar-refractivity contribution in [3.05, 3.63) is 23.9 Å². The van der Waals surface area contributed by atoms with Gasteiger partial charge in [-0.1, -0.05) is 26.8 Å². The molecule has 21 heavy (non-hydrogen) atoms. The van der Waals surface area contributed by atoms with Gasteiger partial charge in [0.15, 0.2) is 0 Å². The highest BCUT2D eigenvalue weighted by Gasteiger charge is 2.32. The maximum absolute atomic E-state index is 12.3. The van der Waals surface area contributed by atoms with Gasteiger partial charge in [0.05, 0.1) is 6.54 Å². The fraction of sp³-hybridized carbons (Fsp3) is 0.667. The molecule has 0 atom stereocenters. The molecule has 1 saturated heterocycles. The van der Waals surface area contributed by atoms with Gasteiger partial charge < -0.3 is 4.90 Å². The topological polar surface area (TPSA) is 19.4 Å². The van der Waals surface area contributed by atoms with Crippen LogP contribution in [-0.4, -0.2) is 48.8 Å². The molecule has 2 rings (SSSR count). The Bertz CT molecular complexity index is 455. The highest BCUT2D eigenvalue weighted by Crippen LogP contribution is 2.24. The molecule has 0 spiro atoms. The smallest absolute Gasteiger partial charge is 0.354 e. The summed E-state index contributed by atoms with van der Waals surface area (Å²) in [5.41, 5.74) is 1.21. The number of anilines is 1. The van der Waals surface area contributed by atoms with Crippen molar-refractivity contribution in [1.82, 2.24) is 9.88 Å². The number of hydrogen-bond donors (Lipinski definition) is 0. The quantitative estimate of drug-likeness (QED) is 0.837. The molecule has 1 aromatic rings. The molecular formula is C15H22F3N3. The van der Waals surface area contributed by atoms with Crippen molar-refractivity contribution < 1.29 is 13.2 Å². The molecule has 0 unspecified atom stereocenters. The van der Waals surface area contributed by atoms with Crippen LogP contribution >= 0.6 is 0 Å². The minimum atomic E-state index is -4.12. The van der Waals surface area contributed by atoms with Crippen LogP contribution < -0.4 is 4.90 Å². The molecule has 0 aliphatic carbocycles. The Morgan fingerprint density at radius 2 is 1.67 bits per heavy atom. The molecule has 0 aromatic carbocycles. The third-order valence-corrected chi connectivity index (χ3v) is 3.71. The maximum atomic E-state index is 12.3. The first-order valence-corrected chi connectivity index (χ1v) is 7.16. The largest absolute Gasteiger partial charge is 0.401 e. The lowest BCUT2D eigenvalue weighted by atomic mass is 9.88. The second kappa shape index (κ2) is 5.83. The summed E-state index contributed by atoms with van der Waals surface area (Å²) in [6, 6.07) is 4.00. The van der Waals surface area contributed by atoms with E-state index in [9.17, 15) is 13.2 Å². The molecular weight excluding hydrogens is 279 g/mol. The first-order chi connectivity index (χ1) is 9.65. The van der Waals surface area contributed by atoms with E-state index in [2.05, 4.69) is 25.8 Å². The van der Waals surface area contributed by atoms with Crippen LogP contribution in [0.2, 0.25) is 0 Å². The second-order valence-corrected chi connectivity index (χ2v) is 6.53. The molecule has 1 fully saturated rings. The zero-order valence-corrected chi connectivity index (χ0v) is 12.7. The predicted molar refractivity (Wildman–Crippen MR) is 77.6 cm³/mol. The Morgan fingerprint density at radius 3 is 2.10 bits per heavy atom. The summed E-state index contributed by atoms with van der Waals surface area (Å²) in [5, 5.41) is 0. The average Bonchev–Trinajstić information content (AvgIpc) is 2.37. The summed E-state index contributed by atoms with van der Waals surface area (Å²) in [6.45, 7) is 7.55. The Hall–Kier alpha value is -1.30. The number of alkyl halides is 3. The van der Waals surface area contributed by atoms with Crippen LogP contribution in [0.4, 0.5) is 19.0 Å². The molecule has 2 heterocycles. The Kier molecular flexibility index (Phi) is 4.46. The minimum absolute atomic E-state index is 0.0525. The van der Waals surface area contributed by atoms with Crippen LogP contribution in [0.15, 0.2) is 18.3 Å². The molecule has 0 saturated carbocycles. The van der Waals surface area contributed by atoms with Crippen LogP contribution in [0.3, 0.4) is 0 Å². The third kappa shape index (κ3) is 4.59. The fourth-order valence-corrected chi connectivity index (χ4v) is 2.41. The Morgan fingerprint density at radius 1 is 1.05 bits per heavy atom. The van der Waals surface area contributed by atoms with E-state index in [-0.39, 0.29) is 5.41 Å². The fourth-order valence-electron chi connectivity index (χ4n) is 2.41. The average molecular weight is 301 g/mol. The van der Waals surface area contributed by atoms with Gasteiger partial charge in [-0.2, -0.15) is 13.2 Å². The van der Waals surface area contributed by atoms with E-state index in [1.807, 2.05) is 23.2 Å². The van der Waals surface area contributed by atoms with Gasteiger partial charge in [-0.25, -0.2) is 4.98 Å². The molecule has 0 bridgehead atoms. The van der Waals surface area contributed by atoms with Gasteiger partial charge in [-0.15, -0.1) is 0 Å². The van der Waals surface area contributed by atoms with Crippen molar-refractivity contribution >= 4 is 5.82 Å². The number of halogens is 3. The number of nitrogens with zero attached hydrogens (tertiary/aromatic N) is 3. The SMILES string of the molecule is CC(C)(C)c1ccc(N2CCN(CC(F)(F)F)CC2)nc1. The highest BCUT2D eigenvalue weighted by molar-refractivity contribution is 5.41. The van der Waals surface area contributed by atoms with Crippen molar-refractivity contribution in [3.63, 3.8) is 0 Å². The van der Waals surface area contributed by atoms with Crippen molar-refractivity contribution in [2.45, 2.75) is 32.4 Å².